The highest BCUT2D eigenvalue weighted by Crippen LogP contribution is 2.28. The SMILES string of the molecule is CCCCNC(=O)[C@H](C)N(Cc1ccc(C)cc1)C(=O)CN(c1ccc(C)c(Cl)c1)S(=O)(=O)c1ccccc1. The molecule has 3 aromatic carbocycles. The second-order valence-corrected chi connectivity index (χ2v) is 11.9. The summed E-state index contributed by atoms with van der Waals surface area (Å²) in [4.78, 5) is 28.4. The van der Waals surface area contributed by atoms with Crippen LogP contribution in [0.2, 0.25) is 5.02 Å². The number of hydrogen-bond donors (Lipinski definition) is 1. The lowest BCUT2D eigenvalue weighted by Crippen LogP contribution is -2.51. The molecule has 39 heavy (non-hydrogen) atoms. The van der Waals surface area contributed by atoms with E-state index in [1.807, 2.05) is 45.0 Å². The first-order valence-electron chi connectivity index (χ1n) is 13.0. The van der Waals surface area contributed by atoms with Crippen molar-refractivity contribution in [1.29, 1.82) is 0 Å². The maximum Gasteiger partial charge on any atom is 0.264 e. The van der Waals surface area contributed by atoms with Gasteiger partial charge in [-0.15, -0.1) is 0 Å². The quantitative estimate of drug-likeness (QED) is 0.292. The number of nitrogens with zero attached hydrogens (tertiary/aromatic N) is 2. The van der Waals surface area contributed by atoms with Gasteiger partial charge in [0, 0.05) is 18.1 Å². The first-order chi connectivity index (χ1) is 18.5. The van der Waals surface area contributed by atoms with Crippen LogP contribution in [-0.4, -0.2) is 44.3 Å². The van der Waals surface area contributed by atoms with Gasteiger partial charge in [-0.05, 0) is 62.6 Å². The summed E-state index contributed by atoms with van der Waals surface area (Å²) in [6.45, 7) is 7.62. The third-order valence-corrected chi connectivity index (χ3v) is 8.72. The molecule has 2 amide bonds. The number of halogens is 1. The zero-order valence-corrected chi connectivity index (χ0v) is 24.4. The first-order valence-corrected chi connectivity index (χ1v) is 14.8. The van der Waals surface area contributed by atoms with Crippen LogP contribution in [0.4, 0.5) is 5.69 Å². The number of hydrogen-bond acceptors (Lipinski definition) is 4. The molecule has 0 heterocycles. The predicted molar refractivity (Wildman–Crippen MR) is 156 cm³/mol. The van der Waals surface area contributed by atoms with E-state index in [1.54, 1.807) is 37.3 Å². The van der Waals surface area contributed by atoms with Crippen molar-refractivity contribution in [3.8, 4) is 0 Å². The molecule has 9 heteroatoms. The maximum atomic E-state index is 13.9. The molecule has 208 valence electrons. The summed E-state index contributed by atoms with van der Waals surface area (Å²) < 4.78 is 28.6. The van der Waals surface area contributed by atoms with Crippen LogP contribution in [0, 0.1) is 13.8 Å². The monoisotopic (exact) mass is 569 g/mol. The van der Waals surface area contributed by atoms with E-state index in [-0.39, 0.29) is 23.0 Å². The highest BCUT2D eigenvalue weighted by Gasteiger charge is 2.32. The van der Waals surface area contributed by atoms with E-state index in [2.05, 4.69) is 5.32 Å². The van der Waals surface area contributed by atoms with Crippen molar-refractivity contribution in [2.75, 3.05) is 17.4 Å². The second-order valence-electron chi connectivity index (χ2n) is 9.59. The Morgan fingerprint density at radius 1 is 0.974 bits per heavy atom. The summed E-state index contributed by atoms with van der Waals surface area (Å²) in [7, 11) is -4.13. The molecule has 1 atom stereocenters. The lowest BCUT2D eigenvalue weighted by atomic mass is 10.1. The zero-order chi connectivity index (χ0) is 28.6. The van der Waals surface area contributed by atoms with Crippen molar-refractivity contribution in [2.24, 2.45) is 0 Å². The number of unbranched alkanes of at least 4 members (excludes halogenated alkanes) is 1. The van der Waals surface area contributed by atoms with Crippen molar-refractivity contribution in [3.05, 3.63) is 94.5 Å². The van der Waals surface area contributed by atoms with Gasteiger partial charge in [-0.3, -0.25) is 13.9 Å². The summed E-state index contributed by atoms with van der Waals surface area (Å²) in [6, 6.07) is 19.7. The third-order valence-electron chi connectivity index (χ3n) is 6.52. The smallest absolute Gasteiger partial charge is 0.264 e. The molecule has 0 saturated heterocycles. The fraction of sp³-hybridized carbons (Fsp3) is 0.333. The van der Waals surface area contributed by atoms with Crippen molar-refractivity contribution < 1.29 is 18.0 Å². The van der Waals surface area contributed by atoms with Crippen LogP contribution < -0.4 is 9.62 Å². The standard InChI is InChI=1S/C30H36ClN3O4S/c1-5-6-18-32-30(36)24(4)33(20-25-15-12-22(2)13-16-25)29(35)21-34(26-17-14-23(3)28(31)19-26)39(37,38)27-10-8-7-9-11-27/h7-17,19,24H,5-6,18,20-21H2,1-4H3,(H,32,36)/t24-/m0/s1. The minimum atomic E-state index is -4.13. The van der Waals surface area contributed by atoms with E-state index < -0.39 is 28.5 Å². The topological polar surface area (TPSA) is 86.8 Å². The molecule has 0 unspecified atom stereocenters. The number of benzene rings is 3. The Bertz CT molecular complexity index is 1380. The van der Waals surface area contributed by atoms with Crippen LogP contribution in [0.1, 0.15) is 43.4 Å². The molecular weight excluding hydrogens is 534 g/mol. The molecule has 7 nitrogen and oxygen atoms in total. The zero-order valence-electron chi connectivity index (χ0n) is 22.9. The van der Waals surface area contributed by atoms with E-state index in [0.29, 0.717) is 11.6 Å². The highest BCUT2D eigenvalue weighted by molar-refractivity contribution is 7.92. The van der Waals surface area contributed by atoms with Gasteiger partial charge >= 0.3 is 0 Å². The van der Waals surface area contributed by atoms with Gasteiger partial charge in [0.1, 0.15) is 12.6 Å². The number of amides is 2. The van der Waals surface area contributed by atoms with Gasteiger partial charge in [-0.1, -0.05) is 79.0 Å². The molecule has 0 aliphatic rings. The van der Waals surface area contributed by atoms with Gasteiger partial charge in [0.2, 0.25) is 11.8 Å². The number of nitrogens with one attached hydrogen (secondary N) is 1. The summed E-state index contributed by atoms with van der Waals surface area (Å²) in [5, 5.41) is 3.27. The van der Waals surface area contributed by atoms with Gasteiger partial charge in [-0.2, -0.15) is 0 Å². The summed E-state index contributed by atoms with van der Waals surface area (Å²) >= 11 is 6.36. The van der Waals surface area contributed by atoms with Gasteiger partial charge in [-0.25, -0.2) is 8.42 Å². The number of anilines is 1. The molecule has 0 fully saturated rings. The van der Waals surface area contributed by atoms with Crippen molar-refractivity contribution in [2.45, 2.75) is 58.0 Å². The van der Waals surface area contributed by atoms with E-state index >= 15 is 0 Å². The minimum Gasteiger partial charge on any atom is -0.354 e. The number of rotatable bonds is 12. The Hall–Kier alpha value is -3.36. The van der Waals surface area contributed by atoms with Gasteiger partial charge in [0.25, 0.3) is 10.0 Å². The third kappa shape index (κ3) is 7.83. The predicted octanol–water partition coefficient (Wildman–Crippen LogP) is 5.49. The average Bonchev–Trinajstić information content (AvgIpc) is 2.93. The Morgan fingerprint density at radius 2 is 1.64 bits per heavy atom. The molecule has 0 radical (unpaired) electrons. The van der Waals surface area contributed by atoms with Gasteiger partial charge in [0.15, 0.2) is 0 Å². The Balaban J connectivity index is 2.00. The van der Waals surface area contributed by atoms with E-state index in [9.17, 15) is 18.0 Å². The maximum absolute atomic E-state index is 13.9. The molecule has 3 aromatic rings. The molecule has 1 N–H and O–H groups in total. The largest absolute Gasteiger partial charge is 0.354 e. The van der Waals surface area contributed by atoms with Crippen LogP contribution in [0.3, 0.4) is 0 Å². The Morgan fingerprint density at radius 3 is 2.26 bits per heavy atom. The van der Waals surface area contributed by atoms with Gasteiger partial charge in [0.05, 0.1) is 10.6 Å². The summed E-state index contributed by atoms with van der Waals surface area (Å²) in [5.74, 6) is -0.801. The average molecular weight is 570 g/mol. The van der Waals surface area contributed by atoms with Gasteiger partial charge < -0.3 is 10.2 Å². The molecule has 3 rings (SSSR count). The molecule has 0 aliphatic heterocycles. The Kier molecular flexibility index (Phi) is 10.5. The molecule has 0 spiro atoms. The normalized spacial score (nSPS) is 12.0. The molecule has 0 bridgehead atoms. The fourth-order valence-electron chi connectivity index (χ4n) is 3.99. The molecular formula is C30H36ClN3O4S. The van der Waals surface area contributed by atoms with Crippen LogP contribution >= 0.6 is 11.6 Å². The Labute approximate surface area is 236 Å². The van der Waals surface area contributed by atoms with E-state index in [1.165, 1.54) is 23.1 Å². The molecule has 0 saturated carbocycles. The van der Waals surface area contributed by atoms with E-state index in [0.717, 1.165) is 33.8 Å². The number of sulfonamides is 1. The fourth-order valence-corrected chi connectivity index (χ4v) is 5.60. The lowest BCUT2D eigenvalue weighted by Gasteiger charge is -2.32. The number of carbonyl (C=O) groups is 2. The number of aryl methyl sites for hydroxylation is 2. The van der Waals surface area contributed by atoms with Crippen LogP contribution in [0.15, 0.2) is 77.7 Å². The first kappa shape index (κ1) is 30.2. The van der Waals surface area contributed by atoms with Crippen LogP contribution in [-0.2, 0) is 26.2 Å². The van der Waals surface area contributed by atoms with Crippen LogP contribution in [0.25, 0.3) is 0 Å². The minimum absolute atomic E-state index is 0.0462. The molecule has 0 aliphatic carbocycles. The van der Waals surface area contributed by atoms with Crippen molar-refractivity contribution in [3.63, 3.8) is 0 Å². The summed E-state index contributed by atoms with van der Waals surface area (Å²) in [5.41, 5.74) is 2.94. The lowest BCUT2D eigenvalue weighted by molar-refractivity contribution is -0.139. The van der Waals surface area contributed by atoms with Crippen LogP contribution in [0.5, 0.6) is 0 Å². The number of carbonyl (C=O) groups excluding carboxylic acids is 2. The van der Waals surface area contributed by atoms with Crippen molar-refractivity contribution >= 4 is 39.1 Å². The molecule has 0 aromatic heterocycles. The summed E-state index contributed by atoms with van der Waals surface area (Å²) in [6.07, 6.45) is 1.74. The highest BCUT2D eigenvalue weighted by atomic mass is 35.5. The second kappa shape index (κ2) is 13.6. The van der Waals surface area contributed by atoms with E-state index in [4.69, 9.17) is 11.6 Å². The van der Waals surface area contributed by atoms with Crippen molar-refractivity contribution in [1.82, 2.24) is 10.2 Å².